The maximum absolute atomic E-state index is 11.8. The molecule has 0 bridgehead atoms. The van der Waals surface area contributed by atoms with Crippen LogP contribution in [0.15, 0.2) is 18.2 Å². The van der Waals surface area contributed by atoms with Crippen LogP contribution in [0.25, 0.3) is 0 Å². The second kappa shape index (κ2) is 5.84. The molecule has 1 atom stereocenters. The first-order valence-corrected chi connectivity index (χ1v) is 6.26. The molecule has 1 unspecified atom stereocenters. The zero-order valence-corrected chi connectivity index (χ0v) is 10.8. The Balaban J connectivity index is 1.90. The normalized spacial score (nSPS) is 14.8. The molecule has 2 N–H and O–H groups in total. The van der Waals surface area contributed by atoms with Gasteiger partial charge in [-0.25, -0.2) is 0 Å². The van der Waals surface area contributed by atoms with Gasteiger partial charge in [0.25, 0.3) is 0 Å². The highest BCUT2D eigenvalue weighted by Crippen LogP contribution is 2.23. The van der Waals surface area contributed by atoms with E-state index in [-0.39, 0.29) is 24.7 Å². The molecule has 1 amide bonds. The van der Waals surface area contributed by atoms with E-state index in [0.29, 0.717) is 13.2 Å². The van der Waals surface area contributed by atoms with E-state index >= 15 is 0 Å². The molecular formula is C14H17NO4. The molecule has 1 aromatic rings. The second-order valence-corrected chi connectivity index (χ2v) is 4.93. The van der Waals surface area contributed by atoms with E-state index in [1.807, 2.05) is 18.2 Å². The quantitative estimate of drug-likeness (QED) is 0.853. The number of aliphatic carboxylic acids is 1. The lowest BCUT2D eigenvalue weighted by atomic mass is 10.0. The zero-order valence-electron chi connectivity index (χ0n) is 10.8. The topological polar surface area (TPSA) is 75.6 Å². The highest BCUT2D eigenvalue weighted by Gasteiger charge is 2.15. The Labute approximate surface area is 111 Å². The number of benzene rings is 1. The van der Waals surface area contributed by atoms with E-state index in [1.165, 1.54) is 0 Å². The summed E-state index contributed by atoms with van der Waals surface area (Å²) in [6.07, 6.45) is 0.214. The zero-order chi connectivity index (χ0) is 13.8. The molecule has 5 heteroatoms. The van der Waals surface area contributed by atoms with Gasteiger partial charge in [0.2, 0.25) is 5.91 Å². The number of carbonyl (C=O) groups is 2. The van der Waals surface area contributed by atoms with Gasteiger partial charge in [-0.1, -0.05) is 13.0 Å². The molecule has 5 nitrogen and oxygen atoms in total. The fraction of sp³-hybridized carbons (Fsp3) is 0.429. The number of ether oxygens (including phenoxy) is 1. The Bertz CT molecular complexity index is 498. The summed E-state index contributed by atoms with van der Waals surface area (Å²) in [7, 11) is 0. The van der Waals surface area contributed by atoms with Crippen molar-refractivity contribution in [2.45, 2.75) is 33.0 Å². The van der Waals surface area contributed by atoms with Crippen LogP contribution in [0.3, 0.4) is 0 Å². The first-order valence-electron chi connectivity index (χ1n) is 6.26. The van der Waals surface area contributed by atoms with Gasteiger partial charge in [-0.2, -0.15) is 0 Å². The summed E-state index contributed by atoms with van der Waals surface area (Å²) in [4.78, 5) is 22.3. The number of rotatable bonds is 5. The molecule has 0 radical (unpaired) electrons. The number of anilines is 1. The third-order valence-corrected chi connectivity index (χ3v) is 3.06. The average Bonchev–Trinajstić information content (AvgIpc) is 2.74. The number of nitrogens with one attached hydrogen (secondary N) is 1. The molecule has 1 aliphatic heterocycles. The van der Waals surface area contributed by atoms with Crippen molar-refractivity contribution in [3.63, 3.8) is 0 Å². The summed E-state index contributed by atoms with van der Waals surface area (Å²) in [6.45, 7) is 2.96. The van der Waals surface area contributed by atoms with E-state index < -0.39 is 5.97 Å². The Morgan fingerprint density at radius 2 is 2.05 bits per heavy atom. The van der Waals surface area contributed by atoms with Crippen LogP contribution in [0.1, 0.15) is 30.9 Å². The Morgan fingerprint density at radius 3 is 2.79 bits per heavy atom. The number of carboxylic acid groups (broad SMARTS) is 1. The molecule has 0 fully saturated rings. The highest BCUT2D eigenvalue weighted by atomic mass is 16.5. The summed E-state index contributed by atoms with van der Waals surface area (Å²) < 4.78 is 5.31. The van der Waals surface area contributed by atoms with Crippen molar-refractivity contribution in [3.05, 3.63) is 29.3 Å². The van der Waals surface area contributed by atoms with Crippen LogP contribution in [-0.2, 0) is 27.5 Å². The molecule has 19 heavy (non-hydrogen) atoms. The van der Waals surface area contributed by atoms with Gasteiger partial charge in [-0.15, -0.1) is 0 Å². The minimum Gasteiger partial charge on any atom is -0.481 e. The summed E-state index contributed by atoms with van der Waals surface area (Å²) in [5.74, 6) is -1.21. The predicted octanol–water partition coefficient (Wildman–Crippen LogP) is 2.16. The molecular weight excluding hydrogens is 246 g/mol. The van der Waals surface area contributed by atoms with Gasteiger partial charge < -0.3 is 15.2 Å². The van der Waals surface area contributed by atoms with Crippen LogP contribution >= 0.6 is 0 Å². The number of amides is 1. The maximum Gasteiger partial charge on any atom is 0.303 e. The van der Waals surface area contributed by atoms with E-state index in [4.69, 9.17) is 9.84 Å². The first kappa shape index (κ1) is 13.5. The summed E-state index contributed by atoms with van der Waals surface area (Å²) in [5, 5.41) is 11.4. The smallest absolute Gasteiger partial charge is 0.303 e. The molecule has 0 saturated carbocycles. The molecule has 0 spiro atoms. The second-order valence-electron chi connectivity index (χ2n) is 4.93. The minimum atomic E-state index is -0.880. The van der Waals surface area contributed by atoms with Crippen molar-refractivity contribution in [3.8, 4) is 0 Å². The minimum absolute atomic E-state index is 0.00540. The van der Waals surface area contributed by atoms with Crippen LogP contribution in [-0.4, -0.2) is 17.0 Å². The number of carboxylic acids is 1. The third kappa shape index (κ3) is 3.79. The van der Waals surface area contributed by atoms with Gasteiger partial charge in [0.05, 0.1) is 13.2 Å². The van der Waals surface area contributed by atoms with Gasteiger partial charge in [0.15, 0.2) is 0 Å². The molecule has 1 aromatic carbocycles. The molecule has 0 saturated heterocycles. The molecule has 2 rings (SSSR count). The van der Waals surface area contributed by atoms with Crippen molar-refractivity contribution in [2.75, 3.05) is 5.32 Å². The predicted molar refractivity (Wildman–Crippen MR) is 69.6 cm³/mol. The molecule has 1 heterocycles. The van der Waals surface area contributed by atoms with Crippen LogP contribution in [0.5, 0.6) is 0 Å². The van der Waals surface area contributed by atoms with Gasteiger partial charge in [0, 0.05) is 18.5 Å². The molecule has 102 valence electrons. The summed E-state index contributed by atoms with van der Waals surface area (Å²) in [5.41, 5.74) is 2.98. The van der Waals surface area contributed by atoms with Gasteiger partial charge in [-0.05, 0) is 29.2 Å². The number of fused-ring (bicyclic) bond motifs is 1. The summed E-state index contributed by atoms with van der Waals surface area (Å²) in [6, 6.07) is 5.69. The lowest BCUT2D eigenvalue weighted by Crippen LogP contribution is -2.17. The Kier molecular flexibility index (Phi) is 4.16. The largest absolute Gasteiger partial charge is 0.481 e. The highest BCUT2D eigenvalue weighted by molar-refractivity contribution is 5.91. The van der Waals surface area contributed by atoms with Crippen LogP contribution in [0.2, 0.25) is 0 Å². The van der Waals surface area contributed by atoms with E-state index in [0.717, 1.165) is 16.8 Å². The van der Waals surface area contributed by atoms with E-state index in [2.05, 4.69) is 5.32 Å². The van der Waals surface area contributed by atoms with E-state index in [1.54, 1.807) is 6.92 Å². The van der Waals surface area contributed by atoms with Gasteiger partial charge in [0.1, 0.15) is 0 Å². The van der Waals surface area contributed by atoms with Crippen molar-refractivity contribution in [1.29, 1.82) is 0 Å². The monoisotopic (exact) mass is 263 g/mol. The number of hydrogen-bond donors (Lipinski definition) is 2. The van der Waals surface area contributed by atoms with Crippen LogP contribution in [0.4, 0.5) is 5.69 Å². The first-order chi connectivity index (χ1) is 9.04. The van der Waals surface area contributed by atoms with Crippen molar-refractivity contribution < 1.29 is 19.4 Å². The molecule has 0 aromatic heterocycles. The fourth-order valence-electron chi connectivity index (χ4n) is 2.15. The Morgan fingerprint density at radius 1 is 1.32 bits per heavy atom. The van der Waals surface area contributed by atoms with Gasteiger partial charge in [-0.3, -0.25) is 9.59 Å². The SMILES string of the molecule is CC(CC(=O)O)CC(=O)Nc1ccc2c(c1)COC2. The summed E-state index contributed by atoms with van der Waals surface area (Å²) >= 11 is 0. The van der Waals surface area contributed by atoms with E-state index in [9.17, 15) is 9.59 Å². The van der Waals surface area contributed by atoms with Crippen molar-refractivity contribution in [1.82, 2.24) is 0 Å². The lowest BCUT2D eigenvalue weighted by molar-refractivity contribution is -0.138. The lowest BCUT2D eigenvalue weighted by Gasteiger charge is -2.10. The number of carbonyl (C=O) groups excluding carboxylic acids is 1. The Hall–Kier alpha value is -1.88. The van der Waals surface area contributed by atoms with Crippen LogP contribution in [0, 0.1) is 5.92 Å². The number of hydrogen-bond acceptors (Lipinski definition) is 3. The van der Waals surface area contributed by atoms with Crippen LogP contribution < -0.4 is 5.32 Å². The van der Waals surface area contributed by atoms with Gasteiger partial charge >= 0.3 is 5.97 Å². The molecule has 0 aliphatic carbocycles. The fourth-order valence-corrected chi connectivity index (χ4v) is 2.15. The average molecular weight is 263 g/mol. The standard InChI is InChI=1S/C14H17NO4/c1-9(5-14(17)18)4-13(16)15-12-3-2-10-7-19-8-11(10)6-12/h2-3,6,9H,4-5,7-8H2,1H3,(H,15,16)(H,17,18). The van der Waals surface area contributed by atoms with Crippen molar-refractivity contribution in [2.24, 2.45) is 5.92 Å². The van der Waals surface area contributed by atoms with Crippen molar-refractivity contribution >= 4 is 17.6 Å². The third-order valence-electron chi connectivity index (χ3n) is 3.06. The molecule has 1 aliphatic rings. The maximum atomic E-state index is 11.8.